The fraction of sp³-hybridized carbons (Fsp3) is 0.167. The van der Waals surface area contributed by atoms with Gasteiger partial charge in [0.2, 0.25) is 0 Å². The van der Waals surface area contributed by atoms with Crippen LogP contribution in [0.15, 0.2) is 29.2 Å². The molecule has 0 spiro atoms. The molecule has 1 amide bonds. The summed E-state index contributed by atoms with van der Waals surface area (Å²) in [5.74, 6) is -1.03. The van der Waals surface area contributed by atoms with E-state index in [1.807, 2.05) is 17.7 Å². The molecule has 2 heterocycles. The standard InChI is InChI=1S/C12H11FN2OS/c1-8-6-17-7-9(8)4-15-12(16)10-2-3-14-5-11(10)13/h2-3,5-7H,4H2,1H3,(H,15,16). The Hall–Kier alpha value is -1.75. The molecule has 0 aliphatic carbocycles. The first-order chi connectivity index (χ1) is 8.18. The van der Waals surface area contributed by atoms with Crippen molar-refractivity contribution in [1.82, 2.24) is 10.3 Å². The minimum absolute atomic E-state index is 0.0212. The lowest BCUT2D eigenvalue weighted by atomic mass is 10.2. The maximum Gasteiger partial charge on any atom is 0.254 e. The van der Waals surface area contributed by atoms with Gasteiger partial charge in [-0.25, -0.2) is 4.39 Å². The summed E-state index contributed by atoms with van der Waals surface area (Å²) in [4.78, 5) is 15.3. The molecule has 0 unspecified atom stereocenters. The Morgan fingerprint density at radius 1 is 1.53 bits per heavy atom. The minimum atomic E-state index is -0.605. The molecule has 0 saturated heterocycles. The predicted molar refractivity (Wildman–Crippen MR) is 64.4 cm³/mol. The number of halogens is 1. The minimum Gasteiger partial charge on any atom is -0.348 e. The predicted octanol–water partition coefficient (Wildman–Crippen LogP) is 2.52. The zero-order chi connectivity index (χ0) is 12.3. The lowest BCUT2D eigenvalue weighted by Crippen LogP contribution is -2.23. The number of carbonyl (C=O) groups is 1. The van der Waals surface area contributed by atoms with E-state index < -0.39 is 11.7 Å². The van der Waals surface area contributed by atoms with Crippen molar-refractivity contribution in [3.8, 4) is 0 Å². The monoisotopic (exact) mass is 250 g/mol. The molecule has 0 atom stereocenters. The molecule has 0 bridgehead atoms. The third-order valence-electron chi connectivity index (χ3n) is 2.42. The van der Waals surface area contributed by atoms with E-state index in [0.29, 0.717) is 6.54 Å². The molecule has 2 aromatic rings. The van der Waals surface area contributed by atoms with Crippen LogP contribution in [0, 0.1) is 12.7 Å². The van der Waals surface area contributed by atoms with Crippen molar-refractivity contribution in [2.75, 3.05) is 0 Å². The summed E-state index contributed by atoms with van der Waals surface area (Å²) in [6, 6.07) is 1.37. The number of nitrogens with zero attached hydrogens (tertiary/aromatic N) is 1. The van der Waals surface area contributed by atoms with Crippen LogP contribution >= 0.6 is 11.3 Å². The molecule has 2 rings (SSSR count). The highest BCUT2D eigenvalue weighted by Crippen LogP contribution is 2.13. The number of amides is 1. The van der Waals surface area contributed by atoms with Gasteiger partial charge in [-0.2, -0.15) is 11.3 Å². The Labute approximate surface area is 102 Å². The lowest BCUT2D eigenvalue weighted by molar-refractivity contribution is 0.0946. The van der Waals surface area contributed by atoms with E-state index in [-0.39, 0.29) is 5.56 Å². The Balaban J connectivity index is 2.04. The van der Waals surface area contributed by atoms with Gasteiger partial charge in [-0.1, -0.05) is 0 Å². The van der Waals surface area contributed by atoms with E-state index in [1.54, 1.807) is 11.3 Å². The van der Waals surface area contributed by atoms with Gasteiger partial charge in [0.1, 0.15) is 0 Å². The summed E-state index contributed by atoms with van der Waals surface area (Å²) in [5.41, 5.74) is 2.20. The molecule has 88 valence electrons. The molecule has 0 aromatic carbocycles. The number of rotatable bonds is 3. The summed E-state index contributed by atoms with van der Waals surface area (Å²) >= 11 is 1.58. The summed E-state index contributed by atoms with van der Waals surface area (Å²) in [5, 5.41) is 6.66. The molecule has 0 aliphatic heterocycles. The van der Waals surface area contributed by atoms with Crippen molar-refractivity contribution in [2.45, 2.75) is 13.5 Å². The summed E-state index contributed by atoms with van der Waals surface area (Å²) < 4.78 is 13.3. The highest BCUT2D eigenvalue weighted by atomic mass is 32.1. The Morgan fingerprint density at radius 3 is 3.00 bits per heavy atom. The van der Waals surface area contributed by atoms with Crippen molar-refractivity contribution in [3.05, 3.63) is 51.7 Å². The molecule has 3 nitrogen and oxygen atoms in total. The number of hydrogen-bond donors (Lipinski definition) is 1. The van der Waals surface area contributed by atoms with Crippen molar-refractivity contribution in [3.63, 3.8) is 0 Å². The number of aromatic nitrogens is 1. The second kappa shape index (κ2) is 5.05. The van der Waals surface area contributed by atoms with Crippen molar-refractivity contribution >= 4 is 17.2 Å². The molecule has 0 saturated carbocycles. The average molecular weight is 250 g/mol. The Kier molecular flexibility index (Phi) is 3.49. The first-order valence-corrected chi connectivity index (χ1v) is 6.02. The van der Waals surface area contributed by atoms with Crippen LogP contribution in [0.2, 0.25) is 0 Å². The van der Waals surface area contributed by atoms with Crippen LogP contribution in [0.1, 0.15) is 21.5 Å². The third kappa shape index (κ3) is 2.68. The van der Waals surface area contributed by atoms with Gasteiger partial charge in [-0.05, 0) is 34.9 Å². The van der Waals surface area contributed by atoms with Crippen molar-refractivity contribution < 1.29 is 9.18 Å². The number of aryl methyl sites for hydroxylation is 1. The van der Waals surface area contributed by atoms with Gasteiger partial charge in [0, 0.05) is 12.7 Å². The van der Waals surface area contributed by atoms with Gasteiger partial charge in [0.25, 0.3) is 5.91 Å². The van der Waals surface area contributed by atoms with E-state index in [2.05, 4.69) is 10.3 Å². The van der Waals surface area contributed by atoms with Crippen LogP contribution in [0.3, 0.4) is 0 Å². The number of hydrogen-bond acceptors (Lipinski definition) is 3. The van der Waals surface area contributed by atoms with Crippen molar-refractivity contribution in [2.24, 2.45) is 0 Å². The fourth-order valence-corrected chi connectivity index (χ4v) is 2.26. The van der Waals surface area contributed by atoms with Crippen LogP contribution in [-0.2, 0) is 6.54 Å². The molecule has 1 N–H and O–H groups in total. The van der Waals surface area contributed by atoms with Gasteiger partial charge >= 0.3 is 0 Å². The second-order valence-electron chi connectivity index (χ2n) is 3.62. The molecule has 0 aliphatic rings. The summed E-state index contributed by atoms with van der Waals surface area (Å²) in [7, 11) is 0. The van der Waals surface area contributed by atoms with Crippen LogP contribution in [0.25, 0.3) is 0 Å². The molecular formula is C12H11FN2OS. The van der Waals surface area contributed by atoms with E-state index in [0.717, 1.165) is 17.3 Å². The van der Waals surface area contributed by atoms with E-state index in [9.17, 15) is 9.18 Å². The quantitative estimate of drug-likeness (QED) is 0.909. The first kappa shape index (κ1) is 11.7. The zero-order valence-corrected chi connectivity index (χ0v) is 10.1. The maximum atomic E-state index is 13.3. The second-order valence-corrected chi connectivity index (χ2v) is 4.36. The zero-order valence-electron chi connectivity index (χ0n) is 9.24. The lowest BCUT2D eigenvalue weighted by Gasteiger charge is -2.05. The number of thiophene rings is 1. The van der Waals surface area contributed by atoms with Gasteiger partial charge in [0.15, 0.2) is 5.82 Å². The largest absolute Gasteiger partial charge is 0.348 e. The fourth-order valence-electron chi connectivity index (χ4n) is 1.40. The van der Waals surface area contributed by atoms with Crippen molar-refractivity contribution in [1.29, 1.82) is 0 Å². The maximum absolute atomic E-state index is 13.3. The average Bonchev–Trinajstić information content (AvgIpc) is 2.72. The molecule has 0 fully saturated rings. The molecule has 0 radical (unpaired) electrons. The molecule has 5 heteroatoms. The van der Waals surface area contributed by atoms with Crippen LogP contribution in [-0.4, -0.2) is 10.9 Å². The smallest absolute Gasteiger partial charge is 0.254 e. The van der Waals surface area contributed by atoms with E-state index >= 15 is 0 Å². The highest BCUT2D eigenvalue weighted by molar-refractivity contribution is 7.08. The third-order valence-corrected chi connectivity index (χ3v) is 3.33. The highest BCUT2D eigenvalue weighted by Gasteiger charge is 2.11. The number of carbonyl (C=O) groups excluding carboxylic acids is 1. The van der Waals surface area contributed by atoms with Gasteiger partial charge in [-0.3, -0.25) is 9.78 Å². The molecular weight excluding hydrogens is 239 g/mol. The number of nitrogens with one attached hydrogen (secondary N) is 1. The van der Waals surface area contributed by atoms with Gasteiger partial charge < -0.3 is 5.32 Å². The normalized spacial score (nSPS) is 10.2. The van der Waals surface area contributed by atoms with E-state index in [4.69, 9.17) is 0 Å². The Morgan fingerprint density at radius 2 is 2.35 bits per heavy atom. The molecule has 17 heavy (non-hydrogen) atoms. The van der Waals surface area contributed by atoms with E-state index in [1.165, 1.54) is 12.3 Å². The summed E-state index contributed by atoms with van der Waals surface area (Å²) in [6.07, 6.45) is 2.43. The topological polar surface area (TPSA) is 42.0 Å². The Bertz CT molecular complexity index is 539. The van der Waals surface area contributed by atoms with Crippen LogP contribution < -0.4 is 5.32 Å². The first-order valence-electron chi connectivity index (χ1n) is 5.08. The van der Waals surface area contributed by atoms with Crippen LogP contribution in [0.5, 0.6) is 0 Å². The number of pyridine rings is 1. The van der Waals surface area contributed by atoms with Crippen LogP contribution in [0.4, 0.5) is 4.39 Å². The van der Waals surface area contributed by atoms with Gasteiger partial charge in [0.05, 0.1) is 11.8 Å². The molecule has 2 aromatic heterocycles. The van der Waals surface area contributed by atoms with Gasteiger partial charge in [-0.15, -0.1) is 0 Å². The SMILES string of the molecule is Cc1cscc1CNC(=O)c1ccncc1F. The summed E-state index contributed by atoms with van der Waals surface area (Å²) in [6.45, 7) is 2.39.